The van der Waals surface area contributed by atoms with Gasteiger partial charge in [-0.1, -0.05) is 0 Å². The molecule has 2 rings (SSSR count). The zero-order valence-electron chi connectivity index (χ0n) is 6.36. The van der Waals surface area contributed by atoms with Crippen molar-refractivity contribution in [2.24, 2.45) is 0 Å². The number of rotatable bonds is 1. The van der Waals surface area contributed by atoms with Crippen LogP contribution in [0, 0.1) is 0 Å². The molecule has 11 heavy (non-hydrogen) atoms. The molecule has 2 N–H and O–H groups in total. The summed E-state index contributed by atoms with van der Waals surface area (Å²) in [5.74, 6) is 0. The first-order valence-electron chi connectivity index (χ1n) is 3.78. The van der Waals surface area contributed by atoms with Gasteiger partial charge in [0, 0.05) is 0 Å². The highest BCUT2D eigenvalue weighted by molar-refractivity contribution is 6.11. The molecule has 0 aromatic carbocycles. The smallest absolute Gasteiger partial charge is 0.142 e. The van der Waals surface area contributed by atoms with E-state index in [2.05, 4.69) is 0 Å². The molecule has 2 bridgehead atoms. The Morgan fingerprint density at radius 2 is 2.36 bits per heavy atom. The minimum atomic E-state index is -0.829. The largest absolute Gasteiger partial charge is 0.393 e. The van der Waals surface area contributed by atoms with E-state index in [-0.39, 0.29) is 18.7 Å². The molecule has 0 radical (unpaired) electrons. The SMILES string of the molecule is B[C@@H]1O[C@]2(CO)CO[C@H]1[C@H]2O. The Kier molecular flexibility index (Phi) is 1.51. The molecule has 4 atom stereocenters. The zero-order chi connectivity index (χ0) is 8.06. The van der Waals surface area contributed by atoms with E-state index in [1.54, 1.807) is 0 Å². The van der Waals surface area contributed by atoms with Crippen LogP contribution in [0.1, 0.15) is 0 Å². The molecule has 2 aliphatic heterocycles. The first-order chi connectivity index (χ1) is 5.19. The second-order valence-electron chi connectivity index (χ2n) is 3.27. The number of fused-ring (bicyclic) bond motifs is 2. The molecule has 62 valence electrons. The molecule has 0 unspecified atom stereocenters. The van der Waals surface area contributed by atoms with Crippen molar-refractivity contribution in [2.45, 2.75) is 23.8 Å². The van der Waals surface area contributed by atoms with Gasteiger partial charge in [-0.25, -0.2) is 0 Å². The van der Waals surface area contributed by atoms with Crippen molar-refractivity contribution in [3.05, 3.63) is 0 Å². The fourth-order valence-corrected chi connectivity index (χ4v) is 1.82. The van der Waals surface area contributed by atoms with E-state index < -0.39 is 11.7 Å². The van der Waals surface area contributed by atoms with E-state index in [1.807, 2.05) is 7.85 Å². The van der Waals surface area contributed by atoms with Crippen molar-refractivity contribution in [3.63, 3.8) is 0 Å². The van der Waals surface area contributed by atoms with Crippen molar-refractivity contribution in [1.29, 1.82) is 0 Å². The number of aliphatic hydroxyl groups excluding tert-OH is 2. The van der Waals surface area contributed by atoms with Gasteiger partial charge in [-0.05, 0) is 0 Å². The minimum Gasteiger partial charge on any atom is -0.393 e. The molecule has 4 nitrogen and oxygen atoms in total. The lowest BCUT2D eigenvalue weighted by molar-refractivity contribution is -0.136. The predicted molar refractivity (Wildman–Crippen MR) is 39.0 cm³/mol. The molecule has 2 heterocycles. The Labute approximate surface area is 65.5 Å². The highest BCUT2D eigenvalue weighted by Gasteiger charge is 2.58. The quantitative estimate of drug-likeness (QED) is 0.413. The molecule has 2 aliphatic rings. The van der Waals surface area contributed by atoms with E-state index in [0.717, 1.165) is 0 Å². The van der Waals surface area contributed by atoms with E-state index in [4.69, 9.17) is 14.6 Å². The van der Waals surface area contributed by atoms with Crippen LogP contribution in [0.4, 0.5) is 0 Å². The maximum atomic E-state index is 9.54. The first-order valence-corrected chi connectivity index (χ1v) is 3.78. The highest BCUT2D eigenvalue weighted by Crippen LogP contribution is 2.38. The van der Waals surface area contributed by atoms with Gasteiger partial charge in [0.1, 0.15) is 25.7 Å². The van der Waals surface area contributed by atoms with E-state index in [0.29, 0.717) is 6.61 Å². The second-order valence-corrected chi connectivity index (χ2v) is 3.27. The molecule has 0 saturated carbocycles. The van der Waals surface area contributed by atoms with Gasteiger partial charge in [0.05, 0.1) is 19.2 Å². The number of hydrogen-bond acceptors (Lipinski definition) is 4. The Morgan fingerprint density at radius 1 is 1.64 bits per heavy atom. The van der Waals surface area contributed by atoms with Crippen LogP contribution in [-0.2, 0) is 9.47 Å². The van der Waals surface area contributed by atoms with Gasteiger partial charge >= 0.3 is 0 Å². The topological polar surface area (TPSA) is 58.9 Å². The summed E-state index contributed by atoms with van der Waals surface area (Å²) in [6.07, 6.45) is -0.912. The molecule has 2 fully saturated rings. The lowest BCUT2D eigenvalue weighted by Crippen LogP contribution is -2.44. The molecular weight excluding hydrogens is 147 g/mol. The molecule has 0 amide bonds. The molecular formula is C6H11BO4. The Hall–Kier alpha value is -0.0951. The zero-order valence-corrected chi connectivity index (χ0v) is 6.36. The predicted octanol–water partition coefficient (Wildman–Crippen LogP) is -2.53. The van der Waals surface area contributed by atoms with E-state index >= 15 is 0 Å². The van der Waals surface area contributed by atoms with Crippen LogP contribution in [-0.4, -0.2) is 55.1 Å². The fraction of sp³-hybridized carbons (Fsp3) is 1.00. The molecule has 0 aliphatic carbocycles. The summed E-state index contributed by atoms with van der Waals surface area (Å²) in [5.41, 5.74) is -0.829. The van der Waals surface area contributed by atoms with Crippen LogP contribution in [0.5, 0.6) is 0 Å². The minimum absolute atomic E-state index is 0.106. The normalized spacial score (nSPS) is 55.3. The summed E-state index contributed by atoms with van der Waals surface area (Å²) in [6, 6.07) is -0.106. The average Bonchev–Trinajstić information content (AvgIpc) is 2.42. The number of aliphatic hydroxyl groups is 2. The maximum absolute atomic E-state index is 9.54. The Balaban J connectivity index is 2.24. The van der Waals surface area contributed by atoms with Crippen LogP contribution < -0.4 is 0 Å². The van der Waals surface area contributed by atoms with Gasteiger partial charge in [0.2, 0.25) is 0 Å². The van der Waals surface area contributed by atoms with E-state index in [9.17, 15) is 5.11 Å². The van der Waals surface area contributed by atoms with Crippen LogP contribution in [0.2, 0.25) is 0 Å². The summed E-state index contributed by atoms with van der Waals surface area (Å²) < 4.78 is 10.6. The van der Waals surface area contributed by atoms with Crippen molar-refractivity contribution in [1.82, 2.24) is 0 Å². The monoisotopic (exact) mass is 158 g/mol. The Bertz CT molecular complexity index is 176. The molecule has 2 saturated heterocycles. The van der Waals surface area contributed by atoms with Crippen LogP contribution >= 0.6 is 0 Å². The summed E-state index contributed by atoms with van der Waals surface area (Å²) in [7, 11) is 1.84. The Morgan fingerprint density at radius 3 is 2.64 bits per heavy atom. The second kappa shape index (κ2) is 2.20. The summed E-state index contributed by atoms with van der Waals surface area (Å²) in [6.45, 7) is 0.134. The van der Waals surface area contributed by atoms with Crippen molar-refractivity contribution >= 4 is 7.85 Å². The van der Waals surface area contributed by atoms with Gasteiger partial charge in [-0.2, -0.15) is 0 Å². The first kappa shape index (κ1) is 7.55. The third kappa shape index (κ3) is 0.795. The lowest BCUT2D eigenvalue weighted by atomic mass is 9.92. The van der Waals surface area contributed by atoms with Gasteiger partial charge in [0.15, 0.2) is 0 Å². The molecule has 0 aromatic rings. The number of ether oxygens (including phenoxy) is 2. The average molecular weight is 158 g/mol. The maximum Gasteiger partial charge on any atom is 0.142 e. The van der Waals surface area contributed by atoms with Crippen LogP contribution in [0.25, 0.3) is 0 Å². The fourth-order valence-electron chi connectivity index (χ4n) is 1.82. The lowest BCUT2D eigenvalue weighted by Gasteiger charge is -2.27. The summed E-state index contributed by atoms with van der Waals surface area (Å²) >= 11 is 0. The van der Waals surface area contributed by atoms with Crippen molar-refractivity contribution < 1.29 is 19.7 Å². The van der Waals surface area contributed by atoms with E-state index in [1.165, 1.54) is 0 Å². The number of hydrogen-bond donors (Lipinski definition) is 2. The summed E-state index contributed by atoms with van der Waals surface area (Å²) in [5, 5.41) is 18.5. The molecule has 0 spiro atoms. The third-order valence-corrected chi connectivity index (χ3v) is 2.52. The van der Waals surface area contributed by atoms with Gasteiger partial charge in [0.25, 0.3) is 0 Å². The summed E-state index contributed by atoms with van der Waals surface area (Å²) in [4.78, 5) is 0. The van der Waals surface area contributed by atoms with Crippen LogP contribution in [0.3, 0.4) is 0 Å². The van der Waals surface area contributed by atoms with Crippen LogP contribution in [0.15, 0.2) is 0 Å². The van der Waals surface area contributed by atoms with Crippen molar-refractivity contribution in [3.8, 4) is 0 Å². The standard InChI is InChI=1S/C6H11BO4/c7-5-3-4(9)6(1-8,11-5)2-10-3/h3-5,8-9H,1-2,7H2/t3-,4+,5+,6+/m0/s1. The van der Waals surface area contributed by atoms with Crippen molar-refractivity contribution in [2.75, 3.05) is 13.2 Å². The third-order valence-electron chi connectivity index (χ3n) is 2.52. The van der Waals surface area contributed by atoms with Gasteiger partial charge < -0.3 is 19.7 Å². The molecule has 5 heteroatoms. The van der Waals surface area contributed by atoms with Gasteiger partial charge in [-0.15, -0.1) is 0 Å². The highest BCUT2D eigenvalue weighted by atomic mass is 16.6. The van der Waals surface area contributed by atoms with Gasteiger partial charge in [-0.3, -0.25) is 0 Å². The molecule has 0 aromatic heterocycles.